The highest BCUT2D eigenvalue weighted by molar-refractivity contribution is 5.93. The van der Waals surface area contributed by atoms with Crippen molar-refractivity contribution in [3.63, 3.8) is 0 Å². The minimum absolute atomic E-state index is 0.00863. The molecule has 4 fully saturated rings. The molecular formula is C83H75N3O31. The first-order chi connectivity index (χ1) is 56.7. The quantitative estimate of drug-likeness (QED) is 0.00723. The number of hydrogen-bond acceptors (Lipinski definition) is 30. The van der Waals surface area contributed by atoms with Crippen LogP contribution in [0, 0.1) is 0 Å². The topological polar surface area (TPSA) is 468 Å². The molecule has 0 aliphatic carbocycles. The van der Waals surface area contributed by atoms with Crippen molar-refractivity contribution in [1.29, 1.82) is 0 Å². The van der Waals surface area contributed by atoms with Gasteiger partial charge in [-0.2, -0.15) is 0 Å². The van der Waals surface area contributed by atoms with E-state index in [1.54, 1.807) is 30.3 Å². The lowest BCUT2D eigenvalue weighted by atomic mass is 9.94. The van der Waals surface area contributed by atoms with E-state index in [1.165, 1.54) is 212 Å². The Morgan fingerprint density at radius 1 is 0.316 bits per heavy atom. The van der Waals surface area contributed by atoms with E-state index in [9.17, 15) is 59.1 Å². The van der Waals surface area contributed by atoms with Crippen LogP contribution in [0.1, 0.15) is 89.3 Å². The Balaban J connectivity index is 1.03. The van der Waals surface area contributed by atoms with Gasteiger partial charge in [0.2, 0.25) is 0 Å². The summed E-state index contributed by atoms with van der Waals surface area (Å²) in [5, 5.41) is 61.7. The highest BCUT2D eigenvalue weighted by atomic mass is 16.8. The summed E-state index contributed by atoms with van der Waals surface area (Å²) in [5.74, 6) is -13.4. The molecule has 20 atom stereocenters. The molecule has 4 saturated heterocycles. The van der Waals surface area contributed by atoms with E-state index >= 15 is 14.4 Å². The van der Waals surface area contributed by atoms with Gasteiger partial charge in [-0.05, 0) is 109 Å². The molecule has 12 rings (SSSR count). The molecule has 4 aliphatic rings. The van der Waals surface area contributed by atoms with Crippen molar-refractivity contribution in [1.82, 2.24) is 0 Å². The Kier molecular flexibility index (Phi) is 28.7. The van der Waals surface area contributed by atoms with E-state index in [-0.39, 0.29) is 64.1 Å². The van der Waals surface area contributed by atoms with E-state index in [4.69, 9.17) is 81.3 Å². The number of carboxylic acid groups (broad SMARTS) is 2. The number of benzene rings is 8. The van der Waals surface area contributed by atoms with Crippen LogP contribution in [0.25, 0.3) is 10.4 Å². The first-order valence-corrected chi connectivity index (χ1v) is 36.4. The molecule has 34 nitrogen and oxygen atoms in total. The molecule has 4 heterocycles. The van der Waals surface area contributed by atoms with Gasteiger partial charge < -0.3 is 101 Å². The molecule has 0 aromatic heterocycles. The number of carbonyl (C=O) groups excluding carboxylic acids is 8. The lowest BCUT2D eigenvalue weighted by Crippen LogP contribution is -2.69. The number of carbonyl (C=O) groups is 10. The largest absolute Gasteiger partial charge is 0.479 e. The Morgan fingerprint density at radius 3 is 0.915 bits per heavy atom. The first-order valence-electron chi connectivity index (χ1n) is 36.4. The smallest absolute Gasteiger partial charge is 0.338 e. The van der Waals surface area contributed by atoms with E-state index in [2.05, 4.69) is 10.0 Å². The summed E-state index contributed by atoms with van der Waals surface area (Å²) in [4.78, 5) is 147. The number of carboxylic acids is 2. The lowest BCUT2D eigenvalue weighted by Gasteiger charge is -2.50. The van der Waals surface area contributed by atoms with Crippen LogP contribution in [0.4, 0.5) is 0 Å². The van der Waals surface area contributed by atoms with Crippen molar-refractivity contribution in [3.8, 4) is 0 Å². The average Bonchev–Trinajstić information content (AvgIpc) is 0.755. The molecule has 34 heteroatoms. The van der Waals surface area contributed by atoms with Crippen LogP contribution in [-0.2, 0) is 85.4 Å². The molecule has 0 saturated carbocycles. The number of rotatable bonds is 31. The second-order valence-electron chi connectivity index (χ2n) is 26.4. The van der Waals surface area contributed by atoms with Crippen molar-refractivity contribution < 1.29 is 149 Å². The van der Waals surface area contributed by atoms with Gasteiger partial charge in [-0.3, -0.25) is 0 Å². The number of aliphatic carboxylic acids is 2. The highest BCUT2D eigenvalue weighted by Crippen LogP contribution is 2.41. The van der Waals surface area contributed by atoms with Crippen molar-refractivity contribution in [3.05, 3.63) is 298 Å². The number of aliphatic hydroxyl groups is 3. The van der Waals surface area contributed by atoms with Crippen LogP contribution in [-0.4, -0.2) is 234 Å². The van der Waals surface area contributed by atoms with Crippen LogP contribution in [0.15, 0.2) is 248 Å². The minimum atomic E-state index is -2.69. The molecule has 5 N–H and O–H groups in total. The van der Waals surface area contributed by atoms with E-state index < -0.39 is 196 Å². The Labute approximate surface area is 664 Å². The number of hydrogen-bond donors (Lipinski definition) is 5. The summed E-state index contributed by atoms with van der Waals surface area (Å²) in [7, 11) is 0. The summed E-state index contributed by atoms with van der Waals surface area (Å²) in [6, 6.07) is 57.1. The fourth-order valence-corrected chi connectivity index (χ4v) is 12.9. The number of azide groups is 1. The minimum Gasteiger partial charge on any atom is -0.479 e. The van der Waals surface area contributed by atoms with Gasteiger partial charge in [0.25, 0.3) is 0 Å². The average molecular weight is 1610 g/mol. The zero-order chi connectivity index (χ0) is 82.5. The first kappa shape index (κ1) is 83.7. The summed E-state index contributed by atoms with van der Waals surface area (Å²) in [6.45, 7) is -2.55. The molecule has 608 valence electrons. The van der Waals surface area contributed by atoms with Gasteiger partial charge in [-0.1, -0.05) is 151 Å². The molecule has 0 radical (unpaired) electrons. The number of ether oxygens (including phenoxy) is 16. The normalized spacial score (nSPS) is 26.7. The van der Waals surface area contributed by atoms with E-state index in [0.29, 0.717) is 0 Å². The zero-order valence-corrected chi connectivity index (χ0v) is 61.4. The Hall–Kier alpha value is -12.7. The Bertz CT molecular complexity index is 4760. The third-order valence-corrected chi connectivity index (χ3v) is 18.6. The van der Waals surface area contributed by atoms with Gasteiger partial charge in [0, 0.05) is 11.5 Å². The number of aliphatic hydroxyl groups excluding tert-OH is 3. The van der Waals surface area contributed by atoms with Crippen molar-refractivity contribution >= 4 is 59.7 Å². The molecule has 4 aliphatic heterocycles. The lowest BCUT2D eigenvalue weighted by molar-refractivity contribution is -0.383. The zero-order valence-electron chi connectivity index (χ0n) is 61.4. The predicted molar refractivity (Wildman–Crippen MR) is 394 cm³/mol. The van der Waals surface area contributed by atoms with Crippen molar-refractivity contribution in [2.45, 2.75) is 129 Å². The second-order valence-corrected chi connectivity index (χ2v) is 26.4. The maximum absolute atomic E-state index is 15.1. The molecule has 8 aromatic carbocycles. The Morgan fingerprint density at radius 2 is 0.581 bits per heavy atom. The van der Waals surface area contributed by atoms with Gasteiger partial charge >= 0.3 is 59.7 Å². The third-order valence-electron chi connectivity index (χ3n) is 18.6. The van der Waals surface area contributed by atoms with Crippen molar-refractivity contribution in [2.75, 3.05) is 26.4 Å². The maximum atomic E-state index is 15.1. The standard InChI is InChI=1S/C83H75N3O31/c84-86-85-42-25-43-102-80-68(111-78(100)52-38-21-7-22-39-52)65(108-75(97)49-32-15-4-16-33-49)59(54(105-80)44-103-72(94)46-26-9-1-10-27-46)114-83-67(110-77(99)51-36-19-6-20-37-51)61(58(89)63(117-83)71(92)93)115-82-69(112-79(101)53-40-23-8-24-41-53)66(109-76(98)50-34-17-5-18-35-50)60(55(106-82)45-104-73(95)47-28-11-2-12-29-47)113-81-64(57(88)56(87)62(116-81)70(90)91)107-74(96)48-30-13-3-14-31-48/h1-24,26-41,54-69,80-83,87-89H,25,42-45H2,(H,90,91)(H,92,93)/t54-,55-,56+,57+,58+,59-,60-,61+,62+,63+,64-,65+,66+,67-,68-,69-,80-,81-,82+,83-/m1/s1. The van der Waals surface area contributed by atoms with Crippen LogP contribution in [0.3, 0.4) is 0 Å². The summed E-state index contributed by atoms with van der Waals surface area (Å²) in [5.41, 5.74) is 7.95. The molecule has 0 unspecified atom stereocenters. The van der Waals surface area contributed by atoms with Gasteiger partial charge in [-0.25, -0.2) is 47.9 Å². The fourth-order valence-electron chi connectivity index (χ4n) is 12.9. The van der Waals surface area contributed by atoms with Crippen LogP contribution in [0.2, 0.25) is 0 Å². The molecule has 0 spiro atoms. The molecule has 8 aromatic rings. The second kappa shape index (κ2) is 40.1. The monoisotopic (exact) mass is 1610 g/mol. The summed E-state index contributed by atoms with van der Waals surface area (Å²) >= 11 is 0. The summed E-state index contributed by atoms with van der Waals surface area (Å²) in [6.07, 6.45) is -47.0. The molecule has 117 heavy (non-hydrogen) atoms. The van der Waals surface area contributed by atoms with Crippen LogP contribution < -0.4 is 0 Å². The molecular weight excluding hydrogens is 1530 g/mol. The van der Waals surface area contributed by atoms with Crippen LogP contribution >= 0.6 is 0 Å². The van der Waals surface area contributed by atoms with Crippen LogP contribution in [0.5, 0.6) is 0 Å². The van der Waals surface area contributed by atoms with Gasteiger partial charge in [0.1, 0.15) is 62.0 Å². The fraction of sp³-hybridized carbons (Fsp3) is 0.301. The maximum Gasteiger partial charge on any atom is 0.338 e. The van der Waals surface area contributed by atoms with Crippen molar-refractivity contribution in [2.24, 2.45) is 5.11 Å². The van der Waals surface area contributed by atoms with Gasteiger partial charge in [0.05, 0.1) is 51.1 Å². The highest BCUT2D eigenvalue weighted by Gasteiger charge is 2.62. The SMILES string of the molecule is [N-]=[N+]=NCCCO[C@@H]1O[C@H](COC(=O)c2ccccc2)[C@@H](O[C@@H]2O[C@H](C(=O)O)[C@@H](O)[C@H](O[C@@H]3O[C@H](COC(=O)c4ccccc4)[C@@H](O[C@@H]4O[C@H](C(=O)O)[C@@H](O)[C@H](O)[C@H]4OC(=O)c4ccccc4)[C@H](OC(=O)c4ccccc4)[C@H]3OC(=O)c3ccccc3)[C@H]2OC(=O)c2ccccc2)[C@H](OC(=O)c2ccccc2)[C@H]1OC(=O)c1ccccc1. The van der Waals surface area contributed by atoms with E-state index in [1.807, 2.05) is 0 Å². The number of nitrogens with zero attached hydrogens (tertiary/aromatic N) is 3. The third kappa shape index (κ3) is 21.1. The number of esters is 8. The van der Waals surface area contributed by atoms with Gasteiger partial charge in [0.15, 0.2) is 74.0 Å². The van der Waals surface area contributed by atoms with Gasteiger partial charge in [-0.15, -0.1) is 0 Å². The summed E-state index contributed by atoms with van der Waals surface area (Å²) < 4.78 is 101. The predicted octanol–water partition coefficient (Wildman–Crippen LogP) is 7.08. The molecule has 0 bridgehead atoms. The molecule has 0 amide bonds. The van der Waals surface area contributed by atoms with E-state index in [0.717, 1.165) is 0 Å².